The van der Waals surface area contributed by atoms with Gasteiger partial charge in [-0.25, -0.2) is 9.89 Å². The molecule has 0 bridgehead atoms. The van der Waals surface area contributed by atoms with E-state index in [0.29, 0.717) is 0 Å². The second-order valence-corrected chi connectivity index (χ2v) is 2.29. The summed E-state index contributed by atoms with van der Waals surface area (Å²) < 4.78 is 4.65. The minimum Gasteiger partial charge on any atom is -0.436 e. The number of halogens is 1. The lowest BCUT2D eigenvalue weighted by atomic mass is 10.6. The van der Waals surface area contributed by atoms with Crippen molar-refractivity contribution < 1.29 is 9.53 Å². The Bertz CT molecular complexity index is 340. The van der Waals surface area contributed by atoms with Crippen LogP contribution >= 0.6 is 11.6 Å². The lowest BCUT2D eigenvalue weighted by Crippen LogP contribution is -2.14. The van der Waals surface area contributed by atoms with Gasteiger partial charge >= 0.3 is 6.09 Å². The van der Waals surface area contributed by atoms with Crippen LogP contribution in [0.2, 0.25) is 0 Å². The summed E-state index contributed by atoms with van der Waals surface area (Å²) in [6.45, 7) is -0.00725. The van der Waals surface area contributed by atoms with Crippen molar-refractivity contribution in [1.29, 1.82) is 0 Å². The smallest absolute Gasteiger partial charge is 0.414 e. The molecule has 1 heterocycles. The molecule has 1 aromatic rings. The van der Waals surface area contributed by atoms with E-state index in [1.165, 1.54) is 6.33 Å². The number of carbonyl (C=O) groups is 1. The minimum absolute atomic E-state index is 0.00725. The SMILES string of the molecule is O=C(Nc1ncn[nH]1)OCC#CCCl. The third-order valence-electron chi connectivity index (χ3n) is 1.10. The lowest BCUT2D eigenvalue weighted by Gasteiger charge is -1.99. The number of amides is 1. The number of H-pyrrole nitrogens is 1. The van der Waals surface area contributed by atoms with Gasteiger partial charge in [0.05, 0.1) is 5.88 Å². The number of alkyl halides is 1. The number of rotatable bonds is 2. The van der Waals surface area contributed by atoms with Crippen LogP contribution in [-0.4, -0.2) is 33.8 Å². The summed E-state index contributed by atoms with van der Waals surface area (Å²) in [6.07, 6.45) is 0.619. The Labute approximate surface area is 85.0 Å². The fraction of sp³-hybridized carbons (Fsp3) is 0.286. The van der Waals surface area contributed by atoms with E-state index in [9.17, 15) is 4.79 Å². The molecular formula is C7H7ClN4O2. The Balaban J connectivity index is 2.23. The van der Waals surface area contributed by atoms with Gasteiger partial charge in [0.2, 0.25) is 5.95 Å². The molecule has 0 aliphatic carbocycles. The van der Waals surface area contributed by atoms with Gasteiger partial charge in [-0.15, -0.1) is 11.6 Å². The number of nitrogens with zero attached hydrogens (tertiary/aromatic N) is 2. The summed E-state index contributed by atoms with van der Waals surface area (Å²) in [6, 6.07) is 0. The van der Waals surface area contributed by atoms with Crippen LogP contribution in [0, 0.1) is 11.8 Å². The normalized spacial score (nSPS) is 8.64. The molecule has 0 aliphatic heterocycles. The maximum atomic E-state index is 11.0. The largest absolute Gasteiger partial charge is 0.436 e. The van der Waals surface area contributed by atoms with Crippen LogP contribution in [0.4, 0.5) is 10.7 Å². The Kier molecular flexibility index (Phi) is 4.31. The average Bonchev–Trinajstić information content (AvgIpc) is 2.65. The predicted octanol–water partition coefficient (Wildman–Crippen LogP) is 0.595. The van der Waals surface area contributed by atoms with Crippen LogP contribution in [0.15, 0.2) is 6.33 Å². The summed E-state index contributed by atoms with van der Waals surface area (Å²) in [5, 5.41) is 8.28. The fourth-order valence-electron chi connectivity index (χ4n) is 0.598. The van der Waals surface area contributed by atoms with Crippen molar-refractivity contribution in [3.8, 4) is 11.8 Å². The third kappa shape index (κ3) is 3.78. The number of ether oxygens (including phenoxy) is 1. The van der Waals surface area contributed by atoms with E-state index in [0.717, 1.165) is 0 Å². The number of hydrogen-bond acceptors (Lipinski definition) is 4. The van der Waals surface area contributed by atoms with Gasteiger partial charge in [-0.3, -0.25) is 5.32 Å². The topological polar surface area (TPSA) is 79.9 Å². The zero-order chi connectivity index (χ0) is 10.2. The molecule has 1 rings (SSSR count). The van der Waals surface area contributed by atoms with Crippen molar-refractivity contribution >= 4 is 23.6 Å². The van der Waals surface area contributed by atoms with Gasteiger partial charge < -0.3 is 4.74 Å². The zero-order valence-corrected chi connectivity index (χ0v) is 7.84. The molecule has 0 aliphatic rings. The molecule has 0 saturated heterocycles. The first kappa shape index (κ1) is 10.3. The highest BCUT2D eigenvalue weighted by molar-refractivity contribution is 6.19. The quantitative estimate of drug-likeness (QED) is 0.558. The van der Waals surface area contributed by atoms with Gasteiger partial charge in [-0.2, -0.15) is 10.1 Å². The first-order chi connectivity index (χ1) is 6.83. The molecule has 1 amide bonds. The maximum absolute atomic E-state index is 11.0. The summed E-state index contributed by atoms with van der Waals surface area (Å²) in [7, 11) is 0. The summed E-state index contributed by atoms with van der Waals surface area (Å²) in [5.41, 5.74) is 0. The Morgan fingerprint density at radius 1 is 1.71 bits per heavy atom. The first-order valence-electron chi connectivity index (χ1n) is 3.63. The van der Waals surface area contributed by atoms with E-state index >= 15 is 0 Å². The number of carbonyl (C=O) groups excluding carboxylic acids is 1. The Hall–Kier alpha value is -1.74. The van der Waals surface area contributed by atoms with Crippen LogP contribution in [0.3, 0.4) is 0 Å². The van der Waals surface area contributed by atoms with Crippen molar-refractivity contribution in [3.63, 3.8) is 0 Å². The van der Waals surface area contributed by atoms with Crippen molar-refractivity contribution in [2.24, 2.45) is 0 Å². The second kappa shape index (κ2) is 5.83. The van der Waals surface area contributed by atoms with Crippen molar-refractivity contribution in [3.05, 3.63) is 6.33 Å². The molecule has 0 spiro atoms. The minimum atomic E-state index is -0.648. The van der Waals surface area contributed by atoms with Gasteiger partial charge in [-0.1, -0.05) is 11.8 Å². The van der Waals surface area contributed by atoms with E-state index in [1.807, 2.05) is 0 Å². The number of anilines is 1. The highest BCUT2D eigenvalue weighted by Crippen LogP contribution is 1.93. The van der Waals surface area contributed by atoms with Gasteiger partial charge in [-0.05, 0) is 0 Å². The monoisotopic (exact) mass is 214 g/mol. The van der Waals surface area contributed by atoms with Crippen LogP contribution in [-0.2, 0) is 4.74 Å². The molecule has 0 aromatic carbocycles. The number of aromatic amines is 1. The lowest BCUT2D eigenvalue weighted by molar-refractivity contribution is 0.176. The molecule has 14 heavy (non-hydrogen) atoms. The van der Waals surface area contributed by atoms with Crippen LogP contribution < -0.4 is 5.32 Å². The summed E-state index contributed by atoms with van der Waals surface area (Å²) >= 11 is 5.28. The maximum Gasteiger partial charge on any atom is 0.414 e. The van der Waals surface area contributed by atoms with E-state index in [2.05, 4.69) is 37.1 Å². The molecular weight excluding hydrogens is 208 g/mol. The number of nitrogens with one attached hydrogen (secondary N) is 2. The van der Waals surface area contributed by atoms with Gasteiger partial charge in [0.25, 0.3) is 0 Å². The fourth-order valence-corrected chi connectivity index (χ4v) is 0.693. The van der Waals surface area contributed by atoms with Gasteiger partial charge in [0.1, 0.15) is 6.33 Å². The van der Waals surface area contributed by atoms with Crippen molar-refractivity contribution in [2.75, 3.05) is 17.8 Å². The van der Waals surface area contributed by atoms with Crippen LogP contribution in [0.1, 0.15) is 0 Å². The highest BCUT2D eigenvalue weighted by Gasteiger charge is 2.02. The van der Waals surface area contributed by atoms with Crippen molar-refractivity contribution in [2.45, 2.75) is 0 Å². The van der Waals surface area contributed by atoms with E-state index in [4.69, 9.17) is 11.6 Å². The third-order valence-corrected chi connectivity index (χ3v) is 1.24. The number of hydrogen-bond donors (Lipinski definition) is 2. The molecule has 0 saturated carbocycles. The molecule has 6 nitrogen and oxygen atoms in total. The molecule has 7 heteroatoms. The van der Waals surface area contributed by atoms with Gasteiger partial charge in [0, 0.05) is 0 Å². The molecule has 1 aromatic heterocycles. The Morgan fingerprint density at radius 3 is 3.21 bits per heavy atom. The van der Waals surface area contributed by atoms with Crippen molar-refractivity contribution in [1.82, 2.24) is 15.2 Å². The summed E-state index contributed by atoms with van der Waals surface area (Å²) in [5.74, 6) is 5.51. The molecule has 0 fully saturated rings. The highest BCUT2D eigenvalue weighted by atomic mass is 35.5. The molecule has 0 unspecified atom stereocenters. The standard InChI is InChI=1S/C7H7ClN4O2/c8-3-1-2-4-14-7(13)11-6-9-5-10-12-6/h5H,3-4H2,(H2,9,10,11,12,13). The first-order valence-corrected chi connectivity index (χ1v) is 4.17. The van der Waals surface area contributed by atoms with Crippen LogP contribution in [0.25, 0.3) is 0 Å². The van der Waals surface area contributed by atoms with Gasteiger partial charge in [0.15, 0.2) is 6.61 Å². The predicted molar refractivity (Wildman–Crippen MR) is 49.8 cm³/mol. The summed E-state index contributed by atoms with van der Waals surface area (Å²) in [4.78, 5) is 14.6. The zero-order valence-electron chi connectivity index (χ0n) is 7.08. The average molecular weight is 215 g/mol. The molecule has 0 radical (unpaired) electrons. The van der Waals surface area contributed by atoms with Crippen LogP contribution in [0.5, 0.6) is 0 Å². The molecule has 2 N–H and O–H groups in total. The Morgan fingerprint density at radius 2 is 2.57 bits per heavy atom. The van der Waals surface area contributed by atoms with E-state index in [-0.39, 0.29) is 18.4 Å². The van der Waals surface area contributed by atoms with E-state index in [1.54, 1.807) is 0 Å². The second-order valence-electron chi connectivity index (χ2n) is 2.02. The van der Waals surface area contributed by atoms with E-state index < -0.39 is 6.09 Å². The number of aromatic nitrogens is 3. The molecule has 74 valence electrons. The molecule has 0 atom stereocenters.